The lowest BCUT2D eigenvalue weighted by atomic mass is 9.96. The highest BCUT2D eigenvalue weighted by atomic mass is 16.5. The minimum Gasteiger partial charge on any atom is -0.378 e. The van der Waals surface area contributed by atoms with Gasteiger partial charge >= 0.3 is 0 Å². The van der Waals surface area contributed by atoms with E-state index in [2.05, 4.69) is 20.4 Å². The monoisotopic (exact) mass is 440 g/mol. The topological polar surface area (TPSA) is 80.5 Å². The predicted molar refractivity (Wildman–Crippen MR) is 123 cm³/mol. The highest BCUT2D eigenvalue weighted by Gasteiger charge is 2.26. The van der Waals surface area contributed by atoms with Crippen molar-refractivity contribution in [1.29, 1.82) is 0 Å². The molecule has 7 heteroatoms. The zero-order valence-corrected chi connectivity index (χ0v) is 19.2. The first kappa shape index (κ1) is 22.9. The summed E-state index contributed by atoms with van der Waals surface area (Å²) in [6.07, 6.45) is 9.38. The zero-order chi connectivity index (χ0) is 22.2. The Morgan fingerprint density at radius 1 is 1.16 bits per heavy atom. The van der Waals surface area contributed by atoms with Crippen molar-refractivity contribution in [2.24, 2.45) is 5.92 Å². The number of likely N-dealkylation sites (tertiary alicyclic amines) is 1. The van der Waals surface area contributed by atoms with E-state index < -0.39 is 0 Å². The standard InChI is InChI=1S/C25H36N4O3/c1-19-8-5-6-11-22(19)24-27-23(32-28-24)18-29-15-12-20(13-16-29)25(30)26-14-7-17-31-21-9-3-2-4-10-21/h5-6,8,11,20-21H,2-4,7,9-10,12-18H2,1H3,(H,26,30). The van der Waals surface area contributed by atoms with Gasteiger partial charge in [0.15, 0.2) is 0 Å². The van der Waals surface area contributed by atoms with Gasteiger partial charge < -0.3 is 14.6 Å². The van der Waals surface area contributed by atoms with Crippen LogP contribution in [0.25, 0.3) is 11.4 Å². The second kappa shape index (κ2) is 11.6. The van der Waals surface area contributed by atoms with Crippen LogP contribution in [-0.2, 0) is 16.1 Å². The van der Waals surface area contributed by atoms with Crippen molar-refractivity contribution in [2.75, 3.05) is 26.2 Å². The lowest BCUT2D eigenvalue weighted by molar-refractivity contribution is -0.126. The molecule has 0 bridgehead atoms. The Labute approximate surface area is 190 Å². The van der Waals surface area contributed by atoms with Gasteiger partial charge in [-0.05, 0) is 57.7 Å². The van der Waals surface area contributed by atoms with Gasteiger partial charge in [-0.25, -0.2) is 0 Å². The highest BCUT2D eigenvalue weighted by molar-refractivity contribution is 5.78. The maximum Gasteiger partial charge on any atom is 0.241 e. The van der Waals surface area contributed by atoms with Gasteiger partial charge in [0.25, 0.3) is 0 Å². The number of carbonyl (C=O) groups is 1. The van der Waals surface area contributed by atoms with Crippen LogP contribution in [0.3, 0.4) is 0 Å². The molecule has 2 heterocycles. The van der Waals surface area contributed by atoms with Crippen LogP contribution >= 0.6 is 0 Å². The van der Waals surface area contributed by atoms with Gasteiger partial charge in [0.2, 0.25) is 17.6 Å². The van der Waals surface area contributed by atoms with Gasteiger partial charge in [0, 0.05) is 24.6 Å². The number of rotatable bonds is 9. The SMILES string of the molecule is Cc1ccccc1-c1noc(CN2CCC(C(=O)NCCCOC3CCCCC3)CC2)n1. The van der Waals surface area contributed by atoms with Crippen molar-refractivity contribution in [3.05, 3.63) is 35.7 Å². The van der Waals surface area contributed by atoms with Crippen molar-refractivity contribution >= 4 is 5.91 Å². The van der Waals surface area contributed by atoms with Crippen molar-refractivity contribution in [2.45, 2.75) is 70.9 Å². The smallest absolute Gasteiger partial charge is 0.241 e. The Hall–Kier alpha value is -2.25. The molecule has 0 unspecified atom stereocenters. The minimum absolute atomic E-state index is 0.0933. The molecular weight excluding hydrogens is 404 g/mol. The Morgan fingerprint density at radius 2 is 1.94 bits per heavy atom. The van der Waals surface area contributed by atoms with Crippen LogP contribution in [-0.4, -0.2) is 53.3 Å². The third kappa shape index (κ3) is 6.39. The van der Waals surface area contributed by atoms with Crippen LogP contribution < -0.4 is 5.32 Å². The van der Waals surface area contributed by atoms with Crippen molar-refractivity contribution in [3.8, 4) is 11.4 Å². The average Bonchev–Trinajstić information content (AvgIpc) is 3.28. The molecule has 1 aromatic carbocycles. The Morgan fingerprint density at radius 3 is 2.72 bits per heavy atom. The minimum atomic E-state index is 0.0933. The van der Waals surface area contributed by atoms with E-state index in [1.165, 1.54) is 32.1 Å². The number of piperidine rings is 1. The lowest BCUT2D eigenvalue weighted by Gasteiger charge is -2.30. The third-order valence-electron chi connectivity index (χ3n) is 6.70. The average molecular weight is 441 g/mol. The molecule has 4 rings (SSSR count). The molecule has 2 aliphatic rings. The van der Waals surface area contributed by atoms with E-state index in [1.54, 1.807) is 0 Å². The van der Waals surface area contributed by atoms with Crippen LogP contribution in [0, 0.1) is 12.8 Å². The quantitative estimate of drug-likeness (QED) is 0.591. The highest BCUT2D eigenvalue weighted by Crippen LogP contribution is 2.23. The van der Waals surface area contributed by atoms with E-state index in [1.807, 2.05) is 31.2 Å². The van der Waals surface area contributed by atoms with E-state index in [0.29, 0.717) is 30.9 Å². The van der Waals surface area contributed by atoms with Gasteiger partial charge in [-0.15, -0.1) is 0 Å². The number of nitrogens with one attached hydrogen (secondary N) is 1. The van der Waals surface area contributed by atoms with Gasteiger partial charge in [0.05, 0.1) is 12.6 Å². The van der Waals surface area contributed by atoms with E-state index in [4.69, 9.17) is 9.26 Å². The molecular formula is C25H36N4O3. The molecule has 0 spiro atoms. The molecule has 1 N–H and O–H groups in total. The summed E-state index contributed by atoms with van der Waals surface area (Å²) < 4.78 is 11.4. The molecule has 32 heavy (non-hydrogen) atoms. The van der Waals surface area contributed by atoms with Crippen LogP contribution in [0.2, 0.25) is 0 Å². The normalized spacial score (nSPS) is 18.7. The second-order valence-electron chi connectivity index (χ2n) is 9.15. The maximum absolute atomic E-state index is 12.5. The first-order valence-electron chi connectivity index (χ1n) is 12.2. The number of nitrogens with zero attached hydrogens (tertiary/aromatic N) is 3. The summed E-state index contributed by atoms with van der Waals surface area (Å²) in [6, 6.07) is 8.05. The molecule has 174 valence electrons. The van der Waals surface area contributed by atoms with Crippen LogP contribution in [0.5, 0.6) is 0 Å². The van der Waals surface area contributed by atoms with Crippen molar-refractivity contribution in [3.63, 3.8) is 0 Å². The van der Waals surface area contributed by atoms with Crippen LogP contribution in [0.4, 0.5) is 0 Å². The lowest BCUT2D eigenvalue weighted by Crippen LogP contribution is -2.40. The number of carbonyl (C=O) groups excluding carboxylic acids is 1. The molecule has 1 aliphatic carbocycles. The molecule has 1 aliphatic heterocycles. The Kier molecular flexibility index (Phi) is 8.29. The molecule has 1 amide bonds. The van der Waals surface area contributed by atoms with E-state index >= 15 is 0 Å². The summed E-state index contributed by atoms with van der Waals surface area (Å²) in [7, 11) is 0. The summed E-state index contributed by atoms with van der Waals surface area (Å²) in [4.78, 5) is 19.4. The van der Waals surface area contributed by atoms with E-state index in [-0.39, 0.29) is 11.8 Å². The number of hydrogen-bond donors (Lipinski definition) is 1. The third-order valence-corrected chi connectivity index (χ3v) is 6.70. The van der Waals surface area contributed by atoms with Crippen molar-refractivity contribution in [1.82, 2.24) is 20.4 Å². The number of aryl methyl sites for hydroxylation is 1. The second-order valence-corrected chi connectivity index (χ2v) is 9.15. The summed E-state index contributed by atoms with van der Waals surface area (Å²) in [5, 5.41) is 7.25. The van der Waals surface area contributed by atoms with Crippen molar-refractivity contribution < 1.29 is 14.1 Å². The largest absolute Gasteiger partial charge is 0.378 e. The summed E-state index contributed by atoms with van der Waals surface area (Å²) in [6.45, 7) is 5.86. The predicted octanol–water partition coefficient (Wildman–Crippen LogP) is 4.11. The first-order chi connectivity index (χ1) is 15.7. The fourth-order valence-electron chi connectivity index (χ4n) is 4.71. The Balaban J connectivity index is 1.13. The fourth-order valence-corrected chi connectivity index (χ4v) is 4.71. The maximum atomic E-state index is 12.5. The molecule has 0 radical (unpaired) electrons. The summed E-state index contributed by atoms with van der Waals surface area (Å²) in [5.74, 6) is 1.54. The van der Waals surface area contributed by atoms with Gasteiger partial charge in [-0.2, -0.15) is 4.98 Å². The fraction of sp³-hybridized carbons (Fsp3) is 0.640. The number of aromatic nitrogens is 2. The number of hydrogen-bond acceptors (Lipinski definition) is 6. The molecule has 7 nitrogen and oxygen atoms in total. The van der Waals surface area contributed by atoms with Crippen LogP contribution in [0.15, 0.2) is 28.8 Å². The number of amides is 1. The summed E-state index contributed by atoms with van der Waals surface area (Å²) >= 11 is 0. The zero-order valence-electron chi connectivity index (χ0n) is 19.2. The molecule has 0 atom stereocenters. The summed E-state index contributed by atoms with van der Waals surface area (Å²) in [5.41, 5.74) is 2.13. The van der Waals surface area contributed by atoms with Gasteiger partial charge in [-0.1, -0.05) is 48.7 Å². The van der Waals surface area contributed by atoms with E-state index in [9.17, 15) is 4.79 Å². The molecule has 2 aromatic rings. The number of benzene rings is 1. The van der Waals surface area contributed by atoms with Gasteiger partial charge in [0.1, 0.15) is 0 Å². The molecule has 1 saturated carbocycles. The van der Waals surface area contributed by atoms with Gasteiger partial charge in [-0.3, -0.25) is 9.69 Å². The molecule has 1 saturated heterocycles. The first-order valence-corrected chi connectivity index (χ1v) is 12.2. The molecule has 2 fully saturated rings. The molecule has 1 aromatic heterocycles. The van der Waals surface area contributed by atoms with E-state index in [0.717, 1.165) is 50.1 Å². The Bertz CT molecular complexity index is 854. The number of ether oxygens (including phenoxy) is 1. The van der Waals surface area contributed by atoms with Crippen LogP contribution in [0.1, 0.15) is 62.8 Å².